The van der Waals surface area contributed by atoms with Gasteiger partial charge in [0.25, 0.3) is 0 Å². The van der Waals surface area contributed by atoms with Crippen LogP contribution in [0.1, 0.15) is 0 Å². The first-order valence-corrected chi connectivity index (χ1v) is 5.26. The molecule has 0 fully saturated rings. The standard InChI is InChI=1S/C9H8F5NS/c10-6-3-7(11)5-8(4-6)15-1-2-16-9(12,13)14/h3-5,15H,1-2H2. The first-order chi connectivity index (χ1) is 7.37. The lowest BCUT2D eigenvalue weighted by Gasteiger charge is -2.08. The summed E-state index contributed by atoms with van der Waals surface area (Å²) in [6, 6.07) is 2.72. The van der Waals surface area contributed by atoms with Crippen LogP contribution < -0.4 is 5.32 Å². The number of nitrogens with one attached hydrogen (secondary N) is 1. The molecule has 0 saturated heterocycles. The minimum atomic E-state index is -4.28. The quantitative estimate of drug-likeness (QED) is 0.653. The summed E-state index contributed by atoms with van der Waals surface area (Å²) >= 11 is -0.189. The van der Waals surface area contributed by atoms with Crippen molar-refractivity contribution in [2.75, 3.05) is 17.6 Å². The predicted molar refractivity (Wildman–Crippen MR) is 53.4 cm³/mol. The van der Waals surface area contributed by atoms with E-state index in [4.69, 9.17) is 0 Å². The van der Waals surface area contributed by atoms with Crippen molar-refractivity contribution in [1.29, 1.82) is 0 Å². The van der Waals surface area contributed by atoms with Gasteiger partial charge >= 0.3 is 5.51 Å². The molecule has 1 nitrogen and oxygen atoms in total. The Bertz CT molecular complexity index is 332. The topological polar surface area (TPSA) is 12.0 Å². The smallest absolute Gasteiger partial charge is 0.384 e. The average molecular weight is 257 g/mol. The summed E-state index contributed by atoms with van der Waals surface area (Å²) < 4.78 is 60.5. The summed E-state index contributed by atoms with van der Waals surface area (Å²) in [4.78, 5) is 0. The van der Waals surface area contributed by atoms with Gasteiger partial charge in [0.15, 0.2) is 0 Å². The number of halogens is 5. The Kier molecular flexibility index (Phi) is 4.40. The van der Waals surface area contributed by atoms with Crippen molar-refractivity contribution in [3.05, 3.63) is 29.8 Å². The molecule has 0 unspecified atom stereocenters. The summed E-state index contributed by atoms with van der Waals surface area (Å²) in [7, 11) is 0. The number of thioether (sulfide) groups is 1. The van der Waals surface area contributed by atoms with E-state index in [1.165, 1.54) is 0 Å². The molecule has 0 aliphatic rings. The summed E-state index contributed by atoms with van der Waals surface area (Å²) in [6.07, 6.45) is 0. The lowest BCUT2D eigenvalue weighted by atomic mass is 10.3. The van der Waals surface area contributed by atoms with E-state index in [0.717, 1.165) is 12.1 Å². The Balaban J connectivity index is 2.37. The highest BCUT2D eigenvalue weighted by Gasteiger charge is 2.27. The van der Waals surface area contributed by atoms with Gasteiger partial charge in [-0.05, 0) is 23.9 Å². The van der Waals surface area contributed by atoms with E-state index in [9.17, 15) is 22.0 Å². The van der Waals surface area contributed by atoms with E-state index in [1.807, 2.05) is 0 Å². The predicted octanol–water partition coefficient (Wildman–Crippen LogP) is 3.63. The second-order valence-corrected chi connectivity index (χ2v) is 4.04. The van der Waals surface area contributed by atoms with Crippen LogP contribution in [0.5, 0.6) is 0 Å². The largest absolute Gasteiger partial charge is 0.441 e. The number of hydrogen-bond acceptors (Lipinski definition) is 2. The minimum Gasteiger partial charge on any atom is -0.384 e. The Morgan fingerprint density at radius 2 is 1.62 bits per heavy atom. The molecule has 0 heterocycles. The number of hydrogen-bond donors (Lipinski definition) is 1. The molecule has 7 heteroatoms. The SMILES string of the molecule is Fc1cc(F)cc(NCCSC(F)(F)F)c1. The molecule has 0 bridgehead atoms. The Hall–Kier alpha value is -0.980. The molecule has 0 aliphatic carbocycles. The van der Waals surface area contributed by atoms with Crippen LogP contribution in [0, 0.1) is 11.6 Å². The van der Waals surface area contributed by atoms with Gasteiger partial charge in [0, 0.05) is 24.1 Å². The monoisotopic (exact) mass is 257 g/mol. The van der Waals surface area contributed by atoms with E-state index < -0.39 is 17.1 Å². The molecule has 0 radical (unpaired) electrons. The molecular weight excluding hydrogens is 249 g/mol. The van der Waals surface area contributed by atoms with E-state index in [0.29, 0.717) is 6.07 Å². The zero-order valence-corrected chi connectivity index (χ0v) is 8.76. The average Bonchev–Trinajstić information content (AvgIpc) is 2.09. The van der Waals surface area contributed by atoms with Crippen LogP contribution >= 0.6 is 11.8 Å². The zero-order valence-electron chi connectivity index (χ0n) is 7.94. The molecule has 1 N–H and O–H groups in total. The molecule has 1 aromatic rings. The number of anilines is 1. The van der Waals surface area contributed by atoms with Gasteiger partial charge in [-0.15, -0.1) is 0 Å². The van der Waals surface area contributed by atoms with Crippen molar-refractivity contribution in [3.63, 3.8) is 0 Å². The molecule has 16 heavy (non-hydrogen) atoms. The lowest BCUT2D eigenvalue weighted by Crippen LogP contribution is -2.09. The molecular formula is C9H8F5NS. The van der Waals surface area contributed by atoms with Crippen molar-refractivity contribution in [2.45, 2.75) is 5.51 Å². The number of benzene rings is 1. The van der Waals surface area contributed by atoms with Crippen molar-refractivity contribution >= 4 is 17.4 Å². The van der Waals surface area contributed by atoms with Crippen LogP contribution in [0.4, 0.5) is 27.6 Å². The van der Waals surface area contributed by atoms with Crippen LogP contribution in [0.25, 0.3) is 0 Å². The van der Waals surface area contributed by atoms with Gasteiger partial charge in [-0.2, -0.15) is 13.2 Å². The van der Waals surface area contributed by atoms with Crippen molar-refractivity contribution in [2.24, 2.45) is 0 Å². The highest BCUT2D eigenvalue weighted by Crippen LogP contribution is 2.29. The van der Waals surface area contributed by atoms with Gasteiger partial charge in [-0.25, -0.2) is 8.78 Å². The highest BCUT2D eigenvalue weighted by molar-refractivity contribution is 8.00. The van der Waals surface area contributed by atoms with Crippen molar-refractivity contribution in [3.8, 4) is 0 Å². The third-order valence-corrected chi connectivity index (χ3v) is 2.30. The van der Waals surface area contributed by atoms with Gasteiger partial charge in [-0.3, -0.25) is 0 Å². The van der Waals surface area contributed by atoms with Crippen molar-refractivity contribution in [1.82, 2.24) is 0 Å². The van der Waals surface area contributed by atoms with Crippen LogP contribution in [0.3, 0.4) is 0 Å². The maximum Gasteiger partial charge on any atom is 0.441 e. The summed E-state index contributed by atoms with van der Waals surface area (Å²) in [6.45, 7) is -0.0208. The highest BCUT2D eigenvalue weighted by atomic mass is 32.2. The molecule has 0 saturated carbocycles. The molecule has 0 amide bonds. The molecule has 90 valence electrons. The Labute approximate surface area is 93.0 Å². The zero-order chi connectivity index (χ0) is 12.2. The summed E-state index contributed by atoms with van der Waals surface area (Å²) in [5.41, 5.74) is -4.16. The summed E-state index contributed by atoms with van der Waals surface area (Å²) in [5, 5.41) is 2.50. The fourth-order valence-electron chi connectivity index (χ4n) is 1.02. The fourth-order valence-corrected chi connectivity index (χ4v) is 1.45. The molecule has 1 rings (SSSR count). The first-order valence-electron chi connectivity index (χ1n) is 4.27. The van der Waals surface area contributed by atoms with E-state index in [2.05, 4.69) is 5.32 Å². The van der Waals surface area contributed by atoms with E-state index in [-0.39, 0.29) is 29.7 Å². The van der Waals surface area contributed by atoms with Crippen molar-refractivity contribution < 1.29 is 22.0 Å². The second-order valence-electron chi connectivity index (χ2n) is 2.88. The molecule has 1 aromatic carbocycles. The Morgan fingerprint density at radius 1 is 1.06 bits per heavy atom. The maximum atomic E-state index is 12.7. The molecule has 0 aliphatic heterocycles. The van der Waals surface area contributed by atoms with E-state index in [1.54, 1.807) is 0 Å². The Morgan fingerprint density at radius 3 is 2.12 bits per heavy atom. The number of rotatable bonds is 4. The fraction of sp³-hybridized carbons (Fsp3) is 0.333. The van der Waals surface area contributed by atoms with Crippen LogP contribution in [-0.4, -0.2) is 17.8 Å². The van der Waals surface area contributed by atoms with E-state index >= 15 is 0 Å². The first kappa shape index (κ1) is 13.1. The van der Waals surface area contributed by atoms with Gasteiger partial charge in [0.2, 0.25) is 0 Å². The van der Waals surface area contributed by atoms with Gasteiger partial charge < -0.3 is 5.32 Å². The molecule has 0 aromatic heterocycles. The summed E-state index contributed by atoms with van der Waals surface area (Å²) in [5.74, 6) is -1.77. The van der Waals surface area contributed by atoms with Crippen LogP contribution in [-0.2, 0) is 0 Å². The molecule has 0 spiro atoms. The normalized spacial score (nSPS) is 11.6. The number of alkyl halides is 3. The van der Waals surface area contributed by atoms with Crippen LogP contribution in [0.2, 0.25) is 0 Å². The third-order valence-electron chi connectivity index (χ3n) is 1.56. The molecule has 0 atom stereocenters. The minimum absolute atomic E-state index is 0.0208. The van der Waals surface area contributed by atoms with Gasteiger partial charge in [0.05, 0.1) is 0 Å². The third kappa shape index (κ3) is 5.20. The second kappa shape index (κ2) is 5.38. The lowest BCUT2D eigenvalue weighted by molar-refractivity contribution is -0.0327. The maximum absolute atomic E-state index is 12.7. The van der Waals surface area contributed by atoms with Gasteiger partial charge in [0.1, 0.15) is 11.6 Å². The van der Waals surface area contributed by atoms with Gasteiger partial charge in [-0.1, -0.05) is 0 Å². The van der Waals surface area contributed by atoms with Crippen LogP contribution in [0.15, 0.2) is 18.2 Å².